The van der Waals surface area contributed by atoms with Gasteiger partial charge in [0.2, 0.25) is 0 Å². The Morgan fingerprint density at radius 1 is 1.31 bits per heavy atom. The second kappa shape index (κ2) is 6.58. The van der Waals surface area contributed by atoms with Crippen molar-refractivity contribution < 1.29 is 4.74 Å². The van der Waals surface area contributed by atoms with Crippen LogP contribution in [0, 0.1) is 5.92 Å². The monoisotopic (exact) mass is 228 g/mol. The second-order valence-corrected chi connectivity index (χ2v) is 5.55. The first-order valence-corrected chi connectivity index (χ1v) is 6.59. The molecule has 1 heterocycles. The summed E-state index contributed by atoms with van der Waals surface area (Å²) in [6, 6.07) is 1.20. The summed E-state index contributed by atoms with van der Waals surface area (Å²) in [4.78, 5) is 2.58. The summed E-state index contributed by atoms with van der Waals surface area (Å²) in [7, 11) is 0. The molecule has 96 valence electrons. The third-order valence-electron chi connectivity index (χ3n) is 3.25. The Bertz CT molecular complexity index is 194. The van der Waals surface area contributed by atoms with E-state index in [4.69, 9.17) is 4.74 Å². The summed E-state index contributed by atoms with van der Waals surface area (Å²) in [5.74, 6) is 0.691. The highest BCUT2D eigenvalue weighted by Crippen LogP contribution is 2.14. The van der Waals surface area contributed by atoms with Gasteiger partial charge in [-0.25, -0.2) is 0 Å². The van der Waals surface area contributed by atoms with Gasteiger partial charge in [-0.05, 0) is 12.8 Å². The topological polar surface area (TPSA) is 24.5 Å². The third kappa shape index (κ3) is 4.40. The van der Waals surface area contributed by atoms with Crippen LogP contribution in [0.2, 0.25) is 0 Å². The van der Waals surface area contributed by atoms with Gasteiger partial charge >= 0.3 is 0 Å². The Kier molecular flexibility index (Phi) is 5.73. The number of ether oxygens (including phenoxy) is 1. The van der Waals surface area contributed by atoms with Crippen molar-refractivity contribution in [2.24, 2.45) is 5.92 Å². The van der Waals surface area contributed by atoms with Gasteiger partial charge in [-0.2, -0.15) is 0 Å². The van der Waals surface area contributed by atoms with Crippen LogP contribution in [0.5, 0.6) is 0 Å². The molecule has 16 heavy (non-hydrogen) atoms. The van der Waals surface area contributed by atoms with Crippen molar-refractivity contribution in [2.75, 3.05) is 26.2 Å². The lowest BCUT2D eigenvalue weighted by molar-refractivity contribution is -0.0409. The molecule has 1 aliphatic rings. The number of rotatable bonds is 5. The molecular weight excluding hydrogens is 200 g/mol. The fourth-order valence-electron chi connectivity index (χ4n) is 2.29. The molecule has 0 aromatic carbocycles. The number of hydrogen-bond acceptors (Lipinski definition) is 3. The highest BCUT2D eigenvalue weighted by Gasteiger charge is 2.26. The van der Waals surface area contributed by atoms with E-state index in [0.717, 1.165) is 26.2 Å². The molecule has 1 saturated heterocycles. The largest absolute Gasteiger partial charge is 0.376 e. The first-order chi connectivity index (χ1) is 7.50. The first kappa shape index (κ1) is 13.9. The average molecular weight is 228 g/mol. The minimum atomic E-state index is 0.383. The zero-order valence-electron chi connectivity index (χ0n) is 11.5. The molecule has 0 bridgehead atoms. The van der Waals surface area contributed by atoms with Crippen molar-refractivity contribution in [3.05, 3.63) is 0 Å². The molecule has 3 nitrogen and oxygen atoms in total. The van der Waals surface area contributed by atoms with Crippen LogP contribution in [0.1, 0.15) is 34.6 Å². The van der Waals surface area contributed by atoms with Crippen LogP contribution in [0.4, 0.5) is 0 Å². The lowest BCUT2D eigenvalue weighted by Gasteiger charge is -2.39. The summed E-state index contributed by atoms with van der Waals surface area (Å²) < 4.78 is 5.60. The molecule has 0 saturated carbocycles. The lowest BCUT2D eigenvalue weighted by Crippen LogP contribution is -2.53. The fourth-order valence-corrected chi connectivity index (χ4v) is 2.29. The van der Waals surface area contributed by atoms with E-state index < -0.39 is 0 Å². The van der Waals surface area contributed by atoms with Gasteiger partial charge in [0, 0.05) is 31.7 Å². The van der Waals surface area contributed by atoms with Crippen LogP contribution in [0.15, 0.2) is 0 Å². The Hall–Kier alpha value is -0.120. The summed E-state index contributed by atoms with van der Waals surface area (Å²) >= 11 is 0. The van der Waals surface area contributed by atoms with Crippen LogP contribution < -0.4 is 5.32 Å². The molecule has 0 radical (unpaired) electrons. The Morgan fingerprint density at radius 3 is 2.50 bits per heavy atom. The Morgan fingerprint density at radius 2 is 2.00 bits per heavy atom. The molecule has 1 N–H and O–H groups in total. The molecular formula is C13H28N2O. The zero-order valence-corrected chi connectivity index (χ0v) is 11.5. The minimum absolute atomic E-state index is 0.383. The molecule has 0 amide bonds. The van der Waals surface area contributed by atoms with Gasteiger partial charge in [0.25, 0.3) is 0 Å². The van der Waals surface area contributed by atoms with Gasteiger partial charge < -0.3 is 10.1 Å². The van der Waals surface area contributed by atoms with Gasteiger partial charge in [0.1, 0.15) is 0 Å². The molecule has 2 atom stereocenters. The highest BCUT2D eigenvalue weighted by atomic mass is 16.5. The van der Waals surface area contributed by atoms with Crippen LogP contribution in [-0.2, 0) is 4.74 Å². The van der Waals surface area contributed by atoms with Gasteiger partial charge in [-0.1, -0.05) is 27.7 Å². The summed E-state index contributed by atoms with van der Waals surface area (Å²) in [6.45, 7) is 15.3. The maximum Gasteiger partial charge on any atom is 0.0674 e. The van der Waals surface area contributed by atoms with Crippen LogP contribution >= 0.6 is 0 Å². The van der Waals surface area contributed by atoms with E-state index in [9.17, 15) is 0 Å². The van der Waals surface area contributed by atoms with Crippen LogP contribution in [0.25, 0.3) is 0 Å². The van der Waals surface area contributed by atoms with Gasteiger partial charge in [-0.3, -0.25) is 4.90 Å². The van der Waals surface area contributed by atoms with Crippen molar-refractivity contribution in [3.63, 3.8) is 0 Å². The molecule has 1 fully saturated rings. The SMILES string of the molecule is CC(C)NCC(C(C)C)N1CCOC(C)C1. The fraction of sp³-hybridized carbons (Fsp3) is 1.00. The summed E-state index contributed by atoms with van der Waals surface area (Å²) in [5, 5.41) is 3.56. The average Bonchev–Trinajstić information content (AvgIpc) is 2.17. The quantitative estimate of drug-likeness (QED) is 0.775. The normalized spacial score (nSPS) is 25.3. The number of hydrogen-bond donors (Lipinski definition) is 1. The smallest absolute Gasteiger partial charge is 0.0674 e. The van der Waals surface area contributed by atoms with Crippen LogP contribution in [0.3, 0.4) is 0 Å². The predicted octanol–water partition coefficient (Wildman–Crippen LogP) is 1.73. The molecule has 0 aromatic heterocycles. The summed E-state index contributed by atoms with van der Waals surface area (Å²) in [5.41, 5.74) is 0. The first-order valence-electron chi connectivity index (χ1n) is 6.59. The Labute approximate surface area is 101 Å². The van der Waals surface area contributed by atoms with Crippen molar-refractivity contribution in [1.82, 2.24) is 10.2 Å². The van der Waals surface area contributed by atoms with Crippen LogP contribution in [-0.4, -0.2) is 49.3 Å². The number of nitrogens with zero attached hydrogens (tertiary/aromatic N) is 1. The van der Waals surface area contributed by atoms with Crippen molar-refractivity contribution in [2.45, 2.75) is 52.8 Å². The third-order valence-corrected chi connectivity index (χ3v) is 3.25. The maximum absolute atomic E-state index is 5.60. The number of nitrogens with one attached hydrogen (secondary N) is 1. The lowest BCUT2D eigenvalue weighted by atomic mass is 10.0. The van der Waals surface area contributed by atoms with Gasteiger partial charge in [0.05, 0.1) is 12.7 Å². The van der Waals surface area contributed by atoms with Crippen molar-refractivity contribution in [1.29, 1.82) is 0 Å². The molecule has 0 aliphatic carbocycles. The Balaban J connectivity index is 2.48. The van der Waals surface area contributed by atoms with Crippen molar-refractivity contribution >= 4 is 0 Å². The molecule has 2 unspecified atom stereocenters. The maximum atomic E-state index is 5.60. The van der Waals surface area contributed by atoms with Gasteiger partial charge in [-0.15, -0.1) is 0 Å². The van der Waals surface area contributed by atoms with Crippen molar-refractivity contribution in [3.8, 4) is 0 Å². The van der Waals surface area contributed by atoms with E-state index in [1.54, 1.807) is 0 Å². The second-order valence-electron chi connectivity index (χ2n) is 5.55. The van der Waals surface area contributed by atoms with E-state index >= 15 is 0 Å². The standard InChI is InChI=1S/C13H28N2O/c1-10(2)13(8-14-11(3)4)15-6-7-16-12(5)9-15/h10-14H,6-9H2,1-5H3. The molecule has 0 spiro atoms. The minimum Gasteiger partial charge on any atom is -0.376 e. The summed E-state index contributed by atoms with van der Waals surface area (Å²) in [6.07, 6.45) is 0.383. The van der Waals surface area contributed by atoms with Gasteiger partial charge in [0.15, 0.2) is 0 Å². The molecule has 3 heteroatoms. The highest BCUT2D eigenvalue weighted by molar-refractivity contribution is 4.81. The van der Waals surface area contributed by atoms with E-state index in [2.05, 4.69) is 44.8 Å². The van der Waals surface area contributed by atoms with E-state index in [-0.39, 0.29) is 0 Å². The predicted molar refractivity (Wildman–Crippen MR) is 68.8 cm³/mol. The number of morpholine rings is 1. The van der Waals surface area contributed by atoms with E-state index in [0.29, 0.717) is 24.1 Å². The zero-order chi connectivity index (χ0) is 12.1. The van der Waals surface area contributed by atoms with E-state index in [1.165, 1.54) is 0 Å². The molecule has 1 rings (SSSR count). The molecule has 1 aliphatic heterocycles. The van der Waals surface area contributed by atoms with E-state index in [1.807, 2.05) is 0 Å². The molecule has 0 aromatic rings.